The Morgan fingerprint density at radius 3 is 2.29 bits per heavy atom. The maximum Gasteiger partial charge on any atom is 0.134 e. The smallest absolute Gasteiger partial charge is 0.134 e. The van der Waals surface area contributed by atoms with Crippen LogP contribution in [0.4, 0.5) is 0 Å². The Bertz CT molecular complexity index is 560. The number of benzene rings is 1. The predicted molar refractivity (Wildman–Crippen MR) is 89.7 cm³/mol. The standard InChI is InChI=1S/C19H27NO/c1-6-20-14(2)13-17-11-12-18(21-17)15-7-9-16(10-8-15)19(3,4)5/h7-12,14,20H,6,13H2,1-5H3. The van der Waals surface area contributed by atoms with Gasteiger partial charge in [0.25, 0.3) is 0 Å². The van der Waals surface area contributed by atoms with Crippen LogP contribution in [0.1, 0.15) is 45.9 Å². The maximum absolute atomic E-state index is 5.97. The van der Waals surface area contributed by atoms with E-state index in [9.17, 15) is 0 Å². The van der Waals surface area contributed by atoms with Gasteiger partial charge in [0.05, 0.1) is 0 Å². The predicted octanol–water partition coefficient (Wildman–Crippen LogP) is 4.78. The average Bonchev–Trinajstić information content (AvgIpc) is 2.86. The lowest BCUT2D eigenvalue weighted by Gasteiger charge is -2.18. The van der Waals surface area contributed by atoms with Gasteiger partial charge < -0.3 is 9.73 Å². The Kier molecular flexibility index (Phi) is 4.89. The van der Waals surface area contributed by atoms with E-state index >= 15 is 0 Å². The molecule has 0 bridgehead atoms. The van der Waals surface area contributed by atoms with Crippen molar-refractivity contribution in [1.82, 2.24) is 5.32 Å². The highest BCUT2D eigenvalue weighted by molar-refractivity contribution is 5.58. The summed E-state index contributed by atoms with van der Waals surface area (Å²) in [5.41, 5.74) is 2.68. The average molecular weight is 285 g/mol. The van der Waals surface area contributed by atoms with E-state index in [0.717, 1.165) is 30.0 Å². The van der Waals surface area contributed by atoms with E-state index in [1.165, 1.54) is 5.56 Å². The molecular formula is C19H27NO. The van der Waals surface area contributed by atoms with E-state index in [4.69, 9.17) is 4.42 Å². The maximum atomic E-state index is 5.97. The molecule has 1 aromatic heterocycles. The second-order valence-electron chi connectivity index (χ2n) is 6.76. The summed E-state index contributed by atoms with van der Waals surface area (Å²) in [6.07, 6.45) is 0.925. The van der Waals surface area contributed by atoms with Crippen molar-refractivity contribution in [2.24, 2.45) is 0 Å². The van der Waals surface area contributed by atoms with Crippen LogP contribution in [-0.2, 0) is 11.8 Å². The van der Waals surface area contributed by atoms with E-state index in [1.807, 2.05) is 0 Å². The van der Waals surface area contributed by atoms with Crippen LogP contribution in [0.15, 0.2) is 40.8 Å². The van der Waals surface area contributed by atoms with Gasteiger partial charge in [0.2, 0.25) is 0 Å². The quantitative estimate of drug-likeness (QED) is 0.855. The number of furan rings is 1. The van der Waals surface area contributed by atoms with Gasteiger partial charge in [-0.15, -0.1) is 0 Å². The van der Waals surface area contributed by atoms with Crippen LogP contribution >= 0.6 is 0 Å². The first-order valence-electron chi connectivity index (χ1n) is 7.83. The summed E-state index contributed by atoms with van der Waals surface area (Å²) in [7, 11) is 0. The van der Waals surface area contributed by atoms with Crippen molar-refractivity contribution in [2.45, 2.75) is 52.5 Å². The number of likely N-dealkylation sites (N-methyl/N-ethyl adjacent to an activating group) is 1. The van der Waals surface area contributed by atoms with Crippen LogP contribution < -0.4 is 5.32 Å². The normalized spacial score (nSPS) is 13.4. The molecule has 0 amide bonds. The zero-order chi connectivity index (χ0) is 15.5. The SMILES string of the molecule is CCNC(C)Cc1ccc(-c2ccc(C(C)(C)C)cc2)o1. The van der Waals surface area contributed by atoms with E-state index in [1.54, 1.807) is 0 Å². The molecule has 21 heavy (non-hydrogen) atoms. The summed E-state index contributed by atoms with van der Waals surface area (Å²) in [4.78, 5) is 0. The summed E-state index contributed by atoms with van der Waals surface area (Å²) in [6.45, 7) is 12.0. The second kappa shape index (κ2) is 6.48. The van der Waals surface area contributed by atoms with Gasteiger partial charge in [-0.05, 0) is 36.6 Å². The molecule has 114 valence electrons. The minimum Gasteiger partial charge on any atom is -0.461 e. The Hall–Kier alpha value is -1.54. The molecule has 1 N–H and O–H groups in total. The fourth-order valence-corrected chi connectivity index (χ4v) is 2.50. The number of nitrogens with one attached hydrogen (secondary N) is 1. The monoisotopic (exact) mass is 285 g/mol. The third-order valence-corrected chi connectivity index (χ3v) is 3.76. The van der Waals surface area contributed by atoms with Crippen molar-refractivity contribution >= 4 is 0 Å². The molecule has 0 saturated carbocycles. The molecule has 0 aliphatic heterocycles. The molecule has 2 nitrogen and oxygen atoms in total. The summed E-state index contributed by atoms with van der Waals surface area (Å²) in [5.74, 6) is 1.99. The molecule has 1 unspecified atom stereocenters. The van der Waals surface area contributed by atoms with Gasteiger partial charge >= 0.3 is 0 Å². The van der Waals surface area contributed by atoms with Crippen molar-refractivity contribution < 1.29 is 4.42 Å². The molecular weight excluding hydrogens is 258 g/mol. The van der Waals surface area contributed by atoms with Crippen molar-refractivity contribution in [3.8, 4) is 11.3 Å². The first-order chi connectivity index (χ1) is 9.90. The van der Waals surface area contributed by atoms with Gasteiger partial charge in [-0.25, -0.2) is 0 Å². The van der Waals surface area contributed by atoms with E-state index < -0.39 is 0 Å². The zero-order valence-corrected chi connectivity index (χ0v) is 13.9. The molecule has 0 aliphatic rings. The molecule has 2 aromatic rings. The van der Waals surface area contributed by atoms with Gasteiger partial charge in [-0.1, -0.05) is 52.0 Å². The molecule has 0 aliphatic carbocycles. The topological polar surface area (TPSA) is 25.2 Å². The summed E-state index contributed by atoms with van der Waals surface area (Å²) in [5, 5.41) is 3.41. The minimum absolute atomic E-state index is 0.189. The van der Waals surface area contributed by atoms with Crippen LogP contribution in [0.2, 0.25) is 0 Å². The van der Waals surface area contributed by atoms with Gasteiger partial charge in [0, 0.05) is 18.0 Å². The third-order valence-electron chi connectivity index (χ3n) is 3.76. The Labute approximate surface area is 128 Å². The number of hydrogen-bond acceptors (Lipinski definition) is 2. The highest BCUT2D eigenvalue weighted by Crippen LogP contribution is 2.27. The first-order valence-corrected chi connectivity index (χ1v) is 7.83. The summed E-state index contributed by atoms with van der Waals surface area (Å²) < 4.78 is 5.97. The lowest BCUT2D eigenvalue weighted by Crippen LogP contribution is -2.27. The molecule has 0 spiro atoms. The highest BCUT2D eigenvalue weighted by Gasteiger charge is 2.14. The van der Waals surface area contributed by atoms with Crippen molar-refractivity contribution in [3.63, 3.8) is 0 Å². The highest BCUT2D eigenvalue weighted by atomic mass is 16.3. The molecule has 0 radical (unpaired) electrons. The number of rotatable bonds is 5. The summed E-state index contributed by atoms with van der Waals surface area (Å²) in [6, 6.07) is 13.3. The molecule has 1 atom stereocenters. The fourth-order valence-electron chi connectivity index (χ4n) is 2.50. The summed E-state index contributed by atoms with van der Waals surface area (Å²) >= 11 is 0. The molecule has 0 fully saturated rings. The van der Waals surface area contributed by atoms with Gasteiger partial charge in [-0.3, -0.25) is 0 Å². The molecule has 2 rings (SSSR count). The minimum atomic E-state index is 0.189. The van der Waals surface area contributed by atoms with Gasteiger partial charge in [0.1, 0.15) is 11.5 Å². The van der Waals surface area contributed by atoms with Crippen LogP contribution in [-0.4, -0.2) is 12.6 Å². The molecule has 1 aromatic carbocycles. The third kappa shape index (κ3) is 4.21. The zero-order valence-electron chi connectivity index (χ0n) is 13.9. The molecule has 2 heteroatoms. The fraction of sp³-hybridized carbons (Fsp3) is 0.474. The molecule has 1 heterocycles. The first kappa shape index (κ1) is 15.8. The molecule has 0 saturated heterocycles. The Morgan fingerprint density at radius 1 is 1.05 bits per heavy atom. The lowest BCUT2D eigenvalue weighted by atomic mass is 9.86. The lowest BCUT2D eigenvalue weighted by molar-refractivity contribution is 0.470. The van der Waals surface area contributed by atoms with Crippen LogP contribution in [0.5, 0.6) is 0 Å². The van der Waals surface area contributed by atoms with E-state index in [-0.39, 0.29) is 5.41 Å². The van der Waals surface area contributed by atoms with Crippen molar-refractivity contribution in [1.29, 1.82) is 0 Å². The Morgan fingerprint density at radius 2 is 1.71 bits per heavy atom. The van der Waals surface area contributed by atoms with Crippen molar-refractivity contribution in [3.05, 3.63) is 47.7 Å². The number of hydrogen-bond donors (Lipinski definition) is 1. The van der Waals surface area contributed by atoms with Crippen molar-refractivity contribution in [2.75, 3.05) is 6.54 Å². The van der Waals surface area contributed by atoms with Crippen LogP contribution in [0.25, 0.3) is 11.3 Å². The Balaban J connectivity index is 2.11. The van der Waals surface area contributed by atoms with E-state index in [2.05, 4.69) is 76.3 Å². The van der Waals surface area contributed by atoms with Gasteiger partial charge in [0.15, 0.2) is 0 Å². The van der Waals surface area contributed by atoms with Crippen LogP contribution in [0, 0.1) is 0 Å². The van der Waals surface area contributed by atoms with E-state index in [0.29, 0.717) is 6.04 Å². The second-order valence-corrected chi connectivity index (χ2v) is 6.76. The van der Waals surface area contributed by atoms with Crippen LogP contribution in [0.3, 0.4) is 0 Å². The largest absolute Gasteiger partial charge is 0.461 e. The van der Waals surface area contributed by atoms with Gasteiger partial charge in [-0.2, -0.15) is 0 Å².